The van der Waals surface area contributed by atoms with Crippen molar-refractivity contribution in [3.05, 3.63) is 16.1 Å². The Kier molecular flexibility index (Phi) is 7.45. The molecule has 1 aliphatic heterocycles. The summed E-state index contributed by atoms with van der Waals surface area (Å²) >= 11 is 1.70. The smallest absolute Gasteiger partial charge is 0.191 e. The maximum atomic E-state index is 5.45. The molecule has 24 heavy (non-hydrogen) atoms. The summed E-state index contributed by atoms with van der Waals surface area (Å²) < 4.78 is 5.45. The normalized spacial score (nSPS) is 17.1. The third kappa shape index (κ3) is 6.03. The number of hydrogen-bond acceptors (Lipinski definition) is 5. The van der Waals surface area contributed by atoms with Crippen molar-refractivity contribution in [1.82, 2.24) is 20.5 Å². The molecule has 1 aliphatic rings. The summed E-state index contributed by atoms with van der Waals surface area (Å²) in [4.78, 5) is 11.8. The molecular formula is C17H31N5OS. The van der Waals surface area contributed by atoms with E-state index in [4.69, 9.17) is 9.73 Å². The molecule has 0 unspecified atom stereocenters. The summed E-state index contributed by atoms with van der Waals surface area (Å²) in [7, 11) is 0. The van der Waals surface area contributed by atoms with Crippen LogP contribution in [0.2, 0.25) is 0 Å². The van der Waals surface area contributed by atoms with Crippen LogP contribution < -0.4 is 10.6 Å². The summed E-state index contributed by atoms with van der Waals surface area (Å²) in [5.41, 5.74) is 1.19. The molecule has 0 amide bonds. The summed E-state index contributed by atoms with van der Waals surface area (Å²) in [6, 6.07) is 0. The third-order valence-electron chi connectivity index (χ3n) is 4.18. The van der Waals surface area contributed by atoms with Crippen molar-refractivity contribution >= 4 is 17.3 Å². The van der Waals surface area contributed by atoms with E-state index in [1.54, 1.807) is 11.3 Å². The molecule has 7 heteroatoms. The highest BCUT2D eigenvalue weighted by Crippen LogP contribution is 2.16. The van der Waals surface area contributed by atoms with Gasteiger partial charge in [-0.05, 0) is 27.7 Å². The van der Waals surface area contributed by atoms with E-state index >= 15 is 0 Å². The number of rotatable bonds is 7. The van der Waals surface area contributed by atoms with E-state index in [2.05, 4.69) is 46.7 Å². The summed E-state index contributed by atoms with van der Waals surface area (Å²) in [6.45, 7) is 14.7. The number of aryl methyl sites for hydroxylation is 1. The number of nitrogens with one attached hydrogen (secondary N) is 2. The van der Waals surface area contributed by atoms with Gasteiger partial charge in [0, 0.05) is 43.5 Å². The van der Waals surface area contributed by atoms with Gasteiger partial charge in [0.15, 0.2) is 5.96 Å². The second-order valence-corrected chi connectivity index (χ2v) is 7.70. The first-order valence-electron chi connectivity index (χ1n) is 8.77. The Hall–Kier alpha value is -1.18. The monoisotopic (exact) mass is 353 g/mol. The lowest BCUT2D eigenvalue weighted by atomic mass is 10.0. The van der Waals surface area contributed by atoms with Crippen molar-refractivity contribution in [2.24, 2.45) is 4.99 Å². The fraction of sp³-hybridized carbons (Fsp3) is 0.765. The predicted octanol–water partition coefficient (Wildman–Crippen LogP) is 1.66. The van der Waals surface area contributed by atoms with Crippen molar-refractivity contribution < 1.29 is 4.74 Å². The number of aliphatic imine (C=N–C) groups is 1. The van der Waals surface area contributed by atoms with Crippen molar-refractivity contribution in [1.29, 1.82) is 0 Å². The number of nitrogens with zero attached hydrogens (tertiary/aromatic N) is 3. The Morgan fingerprint density at radius 3 is 2.75 bits per heavy atom. The van der Waals surface area contributed by atoms with Crippen molar-refractivity contribution in [2.45, 2.75) is 39.7 Å². The number of aromatic nitrogens is 1. The minimum atomic E-state index is 0.0398. The average molecular weight is 354 g/mol. The Labute approximate surface area is 149 Å². The van der Waals surface area contributed by atoms with Gasteiger partial charge in [-0.2, -0.15) is 0 Å². The zero-order valence-corrected chi connectivity index (χ0v) is 16.2. The summed E-state index contributed by atoms with van der Waals surface area (Å²) in [6.07, 6.45) is 0.918. The van der Waals surface area contributed by atoms with E-state index < -0.39 is 0 Å². The molecule has 2 N–H and O–H groups in total. The van der Waals surface area contributed by atoms with Gasteiger partial charge in [-0.3, -0.25) is 9.89 Å². The molecule has 0 spiro atoms. The first kappa shape index (κ1) is 19.1. The molecule has 0 atom stereocenters. The molecule has 0 aromatic carbocycles. The standard InChI is InChI=1S/C17H31N5OS/c1-5-18-16(19-7-6-15-12-24-14(2)21-15)20-13-17(3,4)22-8-10-23-11-9-22/h12H,5-11,13H2,1-4H3,(H2,18,19,20). The van der Waals surface area contributed by atoms with Crippen LogP contribution in [-0.4, -0.2) is 67.3 Å². The van der Waals surface area contributed by atoms with Crippen LogP contribution in [0, 0.1) is 6.92 Å². The lowest BCUT2D eigenvalue weighted by molar-refractivity contribution is -0.00683. The van der Waals surface area contributed by atoms with Gasteiger partial charge >= 0.3 is 0 Å². The molecule has 1 aromatic rings. The predicted molar refractivity (Wildman–Crippen MR) is 101 cm³/mol. The quantitative estimate of drug-likeness (QED) is 0.577. The lowest BCUT2D eigenvalue weighted by Crippen LogP contribution is -2.52. The minimum Gasteiger partial charge on any atom is -0.379 e. The van der Waals surface area contributed by atoms with E-state index in [0.717, 1.165) is 69.0 Å². The molecule has 0 radical (unpaired) electrons. The molecule has 1 saturated heterocycles. The number of guanidine groups is 1. The number of hydrogen-bond donors (Lipinski definition) is 2. The molecule has 136 valence electrons. The van der Waals surface area contributed by atoms with E-state index in [1.165, 1.54) is 0 Å². The van der Waals surface area contributed by atoms with Crippen LogP contribution in [-0.2, 0) is 11.2 Å². The molecule has 1 fully saturated rings. The highest BCUT2D eigenvalue weighted by molar-refractivity contribution is 7.09. The van der Waals surface area contributed by atoms with Crippen LogP contribution in [0.4, 0.5) is 0 Å². The summed E-state index contributed by atoms with van der Waals surface area (Å²) in [5.74, 6) is 0.880. The minimum absolute atomic E-state index is 0.0398. The molecule has 0 bridgehead atoms. The van der Waals surface area contributed by atoms with Crippen molar-refractivity contribution in [2.75, 3.05) is 45.9 Å². The molecule has 2 rings (SSSR count). The van der Waals surface area contributed by atoms with E-state index in [-0.39, 0.29) is 5.54 Å². The Bertz CT molecular complexity index is 523. The molecule has 0 saturated carbocycles. The Morgan fingerprint density at radius 2 is 2.12 bits per heavy atom. The fourth-order valence-corrected chi connectivity index (χ4v) is 3.36. The summed E-state index contributed by atoms with van der Waals surface area (Å²) in [5, 5.41) is 9.99. The van der Waals surface area contributed by atoms with Crippen LogP contribution in [0.15, 0.2) is 10.4 Å². The average Bonchev–Trinajstić information content (AvgIpc) is 2.99. The Morgan fingerprint density at radius 1 is 1.38 bits per heavy atom. The fourth-order valence-electron chi connectivity index (χ4n) is 2.71. The van der Waals surface area contributed by atoms with E-state index in [9.17, 15) is 0 Å². The zero-order valence-electron chi connectivity index (χ0n) is 15.4. The highest BCUT2D eigenvalue weighted by atomic mass is 32.1. The van der Waals surface area contributed by atoms with Crippen molar-refractivity contribution in [3.8, 4) is 0 Å². The van der Waals surface area contributed by atoms with Gasteiger partial charge in [-0.15, -0.1) is 11.3 Å². The van der Waals surface area contributed by atoms with Crippen LogP contribution in [0.5, 0.6) is 0 Å². The number of thiazole rings is 1. The third-order valence-corrected chi connectivity index (χ3v) is 5.00. The second kappa shape index (κ2) is 9.34. The van der Waals surface area contributed by atoms with E-state index in [1.807, 2.05) is 6.92 Å². The van der Waals surface area contributed by atoms with Crippen molar-refractivity contribution in [3.63, 3.8) is 0 Å². The first-order valence-corrected chi connectivity index (χ1v) is 9.65. The van der Waals surface area contributed by atoms with Crippen LogP contribution in [0.25, 0.3) is 0 Å². The zero-order chi connectivity index (χ0) is 17.4. The van der Waals surface area contributed by atoms with Gasteiger partial charge in [-0.1, -0.05) is 0 Å². The van der Waals surface area contributed by atoms with Gasteiger partial charge in [0.25, 0.3) is 0 Å². The molecule has 1 aromatic heterocycles. The van der Waals surface area contributed by atoms with Gasteiger partial charge < -0.3 is 15.4 Å². The highest BCUT2D eigenvalue weighted by Gasteiger charge is 2.28. The maximum Gasteiger partial charge on any atom is 0.191 e. The van der Waals surface area contributed by atoms with Crippen LogP contribution in [0.3, 0.4) is 0 Å². The molecule has 6 nitrogen and oxygen atoms in total. The largest absolute Gasteiger partial charge is 0.379 e. The molecule has 0 aliphatic carbocycles. The molecule has 2 heterocycles. The topological polar surface area (TPSA) is 61.8 Å². The molecular weight excluding hydrogens is 322 g/mol. The van der Waals surface area contributed by atoms with Crippen LogP contribution in [0.1, 0.15) is 31.5 Å². The first-order chi connectivity index (χ1) is 11.5. The number of morpholine rings is 1. The number of ether oxygens (including phenoxy) is 1. The Balaban J connectivity index is 1.84. The SMILES string of the molecule is CCNC(=NCC(C)(C)N1CCOCC1)NCCc1csc(C)n1. The lowest BCUT2D eigenvalue weighted by Gasteiger charge is -2.39. The van der Waals surface area contributed by atoms with Gasteiger partial charge in [0.2, 0.25) is 0 Å². The van der Waals surface area contributed by atoms with Gasteiger partial charge in [0.1, 0.15) is 0 Å². The van der Waals surface area contributed by atoms with Gasteiger partial charge in [-0.25, -0.2) is 4.98 Å². The maximum absolute atomic E-state index is 5.45. The van der Waals surface area contributed by atoms with E-state index in [0.29, 0.717) is 0 Å². The second-order valence-electron chi connectivity index (χ2n) is 6.64. The van der Waals surface area contributed by atoms with Gasteiger partial charge in [0.05, 0.1) is 30.5 Å². The van der Waals surface area contributed by atoms with Crippen LogP contribution >= 0.6 is 11.3 Å².